The summed E-state index contributed by atoms with van der Waals surface area (Å²) in [7, 11) is 1.80. The van der Waals surface area contributed by atoms with Crippen LogP contribution >= 0.6 is 24.0 Å². The van der Waals surface area contributed by atoms with E-state index < -0.39 is 5.60 Å². The molecule has 2 N–H and O–H groups in total. The highest BCUT2D eigenvalue weighted by molar-refractivity contribution is 14.0. The topological polar surface area (TPSA) is 57.1 Å². The van der Waals surface area contributed by atoms with Crippen LogP contribution in [0.5, 0.6) is 0 Å². The van der Waals surface area contributed by atoms with Gasteiger partial charge in [0.1, 0.15) is 0 Å². The molecule has 20 heavy (non-hydrogen) atoms. The summed E-state index contributed by atoms with van der Waals surface area (Å²) in [5.41, 5.74) is -0.339. The first-order valence-corrected chi connectivity index (χ1v) is 7.26. The van der Waals surface area contributed by atoms with Gasteiger partial charge >= 0.3 is 0 Å². The molecule has 6 heteroatoms. The molecule has 0 aromatic carbocycles. The van der Waals surface area contributed by atoms with E-state index in [2.05, 4.69) is 15.2 Å². The minimum atomic E-state index is -0.677. The van der Waals surface area contributed by atoms with Gasteiger partial charge in [0.05, 0.1) is 12.2 Å². The van der Waals surface area contributed by atoms with Crippen molar-refractivity contribution in [3.05, 3.63) is 0 Å². The first-order valence-electron chi connectivity index (χ1n) is 7.26. The number of nitrogens with zero attached hydrogens (tertiary/aromatic N) is 2. The molecule has 2 unspecified atom stereocenters. The summed E-state index contributed by atoms with van der Waals surface area (Å²) in [5, 5.41) is 13.4. The fraction of sp³-hybridized carbons (Fsp3) is 0.929. The number of guanidine groups is 1. The monoisotopic (exact) mass is 397 g/mol. The highest BCUT2D eigenvalue weighted by Crippen LogP contribution is 2.38. The van der Waals surface area contributed by atoms with Crippen molar-refractivity contribution in [2.45, 2.75) is 38.7 Å². The van der Waals surface area contributed by atoms with E-state index in [1.807, 2.05) is 13.8 Å². The maximum atomic E-state index is 10.1. The maximum Gasteiger partial charge on any atom is 0.193 e. The summed E-state index contributed by atoms with van der Waals surface area (Å²) >= 11 is 0. The minimum absolute atomic E-state index is 0. The minimum Gasteiger partial charge on any atom is -0.388 e. The number of rotatable bonds is 3. The number of nitrogens with one attached hydrogen (secondary N) is 1. The zero-order valence-electron chi connectivity index (χ0n) is 12.8. The van der Waals surface area contributed by atoms with Crippen molar-refractivity contribution in [2.75, 3.05) is 39.9 Å². The second-order valence-electron chi connectivity index (χ2n) is 6.23. The Balaban J connectivity index is 0.00000200. The van der Waals surface area contributed by atoms with Crippen LogP contribution in [-0.4, -0.2) is 61.5 Å². The molecule has 0 aromatic rings. The number of halogens is 1. The van der Waals surface area contributed by atoms with E-state index in [1.54, 1.807) is 7.05 Å². The summed E-state index contributed by atoms with van der Waals surface area (Å²) in [6.07, 6.45) is 3.07. The summed E-state index contributed by atoms with van der Waals surface area (Å²) in [4.78, 5) is 6.63. The molecule has 2 heterocycles. The predicted molar refractivity (Wildman–Crippen MR) is 91.8 cm³/mol. The van der Waals surface area contributed by atoms with E-state index in [-0.39, 0.29) is 24.0 Å². The quantitative estimate of drug-likeness (QED) is 0.430. The Kier molecular flexibility index (Phi) is 6.53. The third kappa shape index (κ3) is 4.21. The zero-order chi connectivity index (χ0) is 13.9. The van der Waals surface area contributed by atoms with Crippen LogP contribution in [0.15, 0.2) is 4.99 Å². The molecule has 0 saturated carbocycles. The molecule has 2 atom stereocenters. The molecule has 5 nitrogen and oxygen atoms in total. The SMILES string of the molecule is CCC(C)(O)CNC(=NC)N1CCC2(CCOC2)C1.I. The molecule has 118 valence electrons. The molecular formula is C14H28IN3O2. The fourth-order valence-corrected chi connectivity index (χ4v) is 2.81. The highest BCUT2D eigenvalue weighted by Gasteiger charge is 2.42. The van der Waals surface area contributed by atoms with Gasteiger partial charge in [-0.2, -0.15) is 0 Å². The van der Waals surface area contributed by atoms with Gasteiger partial charge in [-0.1, -0.05) is 6.92 Å². The summed E-state index contributed by atoms with van der Waals surface area (Å²) in [6, 6.07) is 0. The molecule has 0 radical (unpaired) electrons. The number of likely N-dealkylation sites (tertiary alicyclic amines) is 1. The van der Waals surface area contributed by atoms with E-state index in [0.29, 0.717) is 12.0 Å². The van der Waals surface area contributed by atoms with Crippen molar-refractivity contribution in [2.24, 2.45) is 10.4 Å². The molecule has 1 spiro atoms. The Hall–Kier alpha value is -0.0800. The lowest BCUT2D eigenvalue weighted by molar-refractivity contribution is 0.0597. The van der Waals surface area contributed by atoms with Gasteiger partial charge in [-0.15, -0.1) is 24.0 Å². The van der Waals surface area contributed by atoms with Crippen LogP contribution in [0.25, 0.3) is 0 Å². The molecule has 0 aliphatic carbocycles. The molecular weight excluding hydrogens is 369 g/mol. The van der Waals surface area contributed by atoms with Crippen LogP contribution < -0.4 is 5.32 Å². The number of aliphatic imine (C=N–C) groups is 1. The van der Waals surface area contributed by atoms with E-state index in [4.69, 9.17) is 4.74 Å². The number of aliphatic hydroxyl groups is 1. The van der Waals surface area contributed by atoms with Crippen molar-refractivity contribution < 1.29 is 9.84 Å². The predicted octanol–water partition coefficient (Wildman–Crippen LogP) is 1.45. The number of hydrogen-bond donors (Lipinski definition) is 2. The highest BCUT2D eigenvalue weighted by atomic mass is 127. The molecule has 0 aromatic heterocycles. The molecule has 2 aliphatic heterocycles. The molecule has 0 amide bonds. The zero-order valence-corrected chi connectivity index (χ0v) is 15.1. The molecule has 2 fully saturated rings. The van der Waals surface area contributed by atoms with Crippen molar-refractivity contribution in [3.8, 4) is 0 Å². The Bertz CT molecular complexity index is 341. The number of ether oxygens (including phenoxy) is 1. The maximum absolute atomic E-state index is 10.1. The normalized spacial score (nSPS) is 29.4. The third-order valence-corrected chi connectivity index (χ3v) is 4.52. The molecule has 2 aliphatic rings. The second-order valence-corrected chi connectivity index (χ2v) is 6.23. The Morgan fingerprint density at radius 3 is 2.80 bits per heavy atom. The van der Waals surface area contributed by atoms with Crippen LogP contribution in [0, 0.1) is 5.41 Å². The molecule has 2 rings (SSSR count). The Morgan fingerprint density at radius 2 is 2.25 bits per heavy atom. The van der Waals surface area contributed by atoms with Gasteiger partial charge in [0.25, 0.3) is 0 Å². The van der Waals surface area contributed by atoms with Crippen molar-refractivity contribution in [1.82, 2.24) is 10.2 Å². The third-order valence-electron chi connectivity index (χ3n) is 4.52. The average Bonchev–Trinajstić information content (AvgIpc) is 3.02. The van der Waals surface area contributed by atoms with Gasteiger partial charge in [-0.3, -0.25) is 4.99 Å². The Labute approximate surface area is 139 Å². The van der Waals surface area contributed by atoms with E-state index >= 15 is 0 Å². The lowest BCUT2D eigenvalue weighted by Crippen LogP contribution is -2.47. The first kappa shape index (κ1) is 18.0. The Morgan fingerprint density at radius 1 is 1.50 bits per heavy atom. The van der Waals surface area contributed by atoms with Crippen LogP contribution in [0.4, 0.5) is 0 Å². The molecule has 2 saturated heterocycles. The number of hydrogen-bond acceptors (Lipinski definition) is 3. The van der Waals surface area contributed by atoms with Gasteiger partial charge in [-0.05, 0) is 26.2 Å². The first-order chi connectivity index (χ1) is 9.00. The summed E-state index contributed by atoms with van der Waals surface area (Å²) < 4.78 is 5.55. The van der Waals surface area contributed by atoms with Gasteiger partial charge in [0.15, 0.2) is 5.96 Å². The van der Waals surface area contributed by atoms with E-state index in [0.717, 1.165) is 45.1 Å². The largest absolute Gasteiger partial charge is 0.388 e. The van der Waals surface area contributed by atoms with Crippen LogP contribution in [0.2, 0.25) is 0 Å². The van der Waals surface area contributed by atoms with Gasteiger partial charge in [-0.25, -0.2) is 0 Å². The standard InChI is InChI=1S/C14H27N3O2.HI/c1-4-13(2,18)9-16-12(15-3)17-7-5-14(10-17)6-8-19-11-14;/h18H,4-11H2,1-3H3,(H,15,16);1H. The van der Waals surface area contributed by atoms with Crippen molar-refractivity contribution >= 4 is 29.9 Å². The lowest BCUT2D eigenvalue weighted by Gasteiger charge is -2.28. The van der Waals surface area contributed by atoms with E-state index in [9.17, 15) is 5.11 Å². The van der Waals surface area contributed by atoms with Crippen LogP contribution in [0.3, 0.4) is 0 Å². The van der Waals surface area contributed by atoms with Gasteiger partial charge in [0.2, 0.25) is 0 Å². The van der Waals surface area contributed by atoms with Crippen LogP contribution in [0.1, 0.15) is 33.1 Å². The van der Waals surface area contributed by atoms with Gasteiger partial charge in [0, 0.05) is 38.7 Å². The van der Waals surface area contributed by atoms with Crippen molar-refractivity contribution in [3.63, 3.8) is 0 Å². The van der Waals surface area contributed by atoms with E-state index in [1.165, 1.54) is 6.42 Å². The average molecular weight is 397 g/mol. The fourth-order valence-electron chi connectivity index (χ4n) is 2.81. The van der Waals surface area contributed by atoms with Crippen LogP contribution in [-0.2, 0) is 4.74 Å². The van der Waals surface area contributed by atoms with Gasteiger partial charge < -0.3 is 20.1 Å². The second kappa shape index (κ2) is 7.26. The lowest BCUT2D eigenvalue weighted by atomic mass is 9.87. The molecule has 0 bridgehead atoms. The summed E-state index contributed by atoms with van der Waals surface area (Å²) in [6.45, 7) is 8.20. The smallest absolute Gasteiger partial charge is 0.193 e. The summed E-state index contributed by atoms with van der Waals surface area (Å²) in [5.74, 6) is 0.900. The van der Waals surface area contributed by atoms with Crippen molar-refractivity contribution in [1.29, 1.82) is 0 Å².